The van der Waals surface area contributed by atoms with Gasteiger partial charge in [0.15, 0.2) is 0 Å². The number of anilines is 1. The van der Waals surface area contributed by atoms with E-state index in [9.17, 15) is 0 Å². The normalized spacial score (nSPS) is 10.1. The van der Waals surface area contributed by atoms with Crippen molar-refractivity contribution in [2.45, 2.75) is 0 Å². The fourth-order valence-corrected chi connectivity index (χ4v) is 1.97. The van der Waals surface area contributed by atoms with Gasteiger partial charge in [0.2, 0.25) is 0 Å². The molecule has 0 aliphatic rings. The highest BCUT2D eigenvalue weighted by Gasteiger charge is 2.08. The molecule has 1 N–H and O–H groups in total. The number of benzene rings is 2. The van der Waals surface area contributed by atoms with E-state index in [1.54, 1.807) is 0 Å². The topological polar surface area (TPSA) is 47.3 Å². The van der Waals surface area contributed by atoms with E-state index in [1.807, 2.05) is 47.4 Å². The van der Waals surface area contributed by atoms with Crippen LogP contribution in [0.15, 0.2) is 42.5 Å². The van der Waals surface area contributed by atoms with Gasteiger partial charge in [0.1, 0.15) is 6.54 Å². The van der Waals surface area contributed by atoms with Gasteiger partial charge in [-0.15, -0.1) is 0 Å². The lowest BCUT2D eigenvalue weighted by molar-refractivity contribution is 0.303. The fourth-order valence-electron chi connectivity index (χ4n) is 1.97. The molecule has 0 heterocycles. The first-order valence-electron chi connectivity index (χ1n) is 5.57. The Bertz CT molecular complexity index is 540. The van der Waals surface area contributed by atoms with Crippen LogP contribution in [0.4, 0.5) is 5.69 Å². The number of aliphatic hydroxyl groups excluding tert-OH is 1. The minimum Gasteiger partial charge on any atom is -0.395 e. The standard InChI is InChI=1S/C14H14N2O/c15-8-9-16(10-11-17)14-7-3-5-12-4-1-2-6-13(12)14/h1-7,17H,9-11H2. The number of rotatable bonds is 4. The molecule has 0 atom stereocenters. The second kappa shape index (κ2) is 5.33. The maximum atomic E-state index is 9.05. The van der Waals surface area contributed by atoms with Crippen LogP contribution >= 0.6 is 0 Å². The number of fused-ring (bicyclic) bond motifs is 1. The summed E-state index contributed by atoms with van der Waals surface area (Å²) in [5, 5.41) is 20.1. The van der Waals surface area contributed by atoms with Crippen molar-refractivity contribution in [3.05, 3.63) is 42.5 Å². The number of hydrogen-bond donors (Lipinski definition) is 1. The summed E-state index contributed by atoms with van der Waals surface area (Å²) in [6.07, 6.45) is 0. The van der Waals surface area contributed by atoms with Crippen LogP contribution in [0.25, 0.3) is 10.8 Å². The summed E-state index contributed by atoms with van der Waals surface area (Å²) in [6, 6.07) is 16.2. The molecule has 17 heavy (non-hydrogen) atoms. The molecule has 0 fully saturated rings. The first-order chi connectivity index (χ1) is 8.36. The van der Waals surface area contributed by atoms with E-state index in [1.165, 1.54) is 0 Å². The number of nitrogens with zero attached hydrogens (tertiary/aromatic N) is 2. The summed E-state index contributed by atoms with van der Waals surface area (Å²) in [5.74, 6) is 0. The van der Waals surface area contributed by atoms with Gasteiger partial charge in [-0.1, -0.05) is 36.4 Å². The monoisotopic (exact) mass is 226 g/mol. The molecule has 0 saturated carbocycles. The summed E-state index contributed by atoms with van der Waals surface area (Å²) >= 11 is 0. The highest BCUT2D eigenvalue weighted by Crippen LogP contribution is 2.26. The fraction of sp³-hybridized carbons (Fsp3) is 0.214. The lowest BCUT2D eigenvalue weighted by Gasteiger charge is -2.22. The summed E-state index contributed by atoms with van der Waals surface area (Å²) in [6.45, 7) is 0.807. The van der Waals surface area contributed by atoms with Gasteiger partial charge in [-0.05, 0) is 11.5 Å². The lowest BCUT2D eigenvalue weighted by Crippen LogP contribution is -2.27. The zero-order chi connectivity index (χ0) is 12.1. The Labute approximate surface area is 101 Å². The molecule has 86 valence electrons. The summed E-state index contributed by atoms with van der Waals surface area (Å²) in [7, 11) is 0. The van der Waals surface area contributed by atoms with Crippen LogP contribution in [0.5, 0.6) is 0 Å². The molecule has 0 unspecified atom stereocenters. The molecule has 0 amide bonds. The van der Waals surface area contributed by atoms with Gasteiger partial charge >= 0.3 is 0 Å². The van der Waals surface area contributed by atoms with Gasteiger partial charge in [0, 0.05) is 17.6 Å². The van der Waals surface area contributed by atoms with Crippen molar-refractivity contribution >= 4 is 16.5 Å². The van der Waals surface area contributed by atoms with Crippen LogP contribution in [-0.2, 0) is 0 Å². The maximum Gasteiger partial charge on any atom is 0.106 e. The van der Waals surface area contributed by atoms with E-state index in [0.29, 0.717) is 6.54 Å². The van der Waals surface area contributed by atoms with E-state index >= 15 is 0 Å². The minimum absolute atomic E-state index is 0.0465. The van der Waals surface area contributed by atoms with Crippen molar-refractivity contribution in [2.24, 2.45) is 0 Å². The SMILES string of the molecule is N#CCN(CCO)c1cccc2ccccc12. The number of nitriles is 1. The molecule has 2 aromatic rings. The van der Waals surface area contributed by atoms with Gasteiger partial charge < -0.3 is 10.0 Å². The summed E-state index contributed by atoms with van der Waals surface area (Å²) < 4.78 is 0. The zero-order valence-electron chi connectivity index (χ0n) is 9.50. The van der Waals surface area contributed by atoms with E-state index < -0.39 is 0 Å². The van der Waals surface area contributed by atoms with Gasteiger partial charge in [-0.2, -0.15) is 5.26 Å². The molecule has 0 aliphatic carbocycles. The van der Waals surface area contributed by atoms with Crippen LogP contribution < -0.4 is 4.90 Å². The Hall–Kier alpha value is -2.05. The maximum absolute atomic E-state index is 9.05. The molecule has 0 bridgehead atoms. The Kier molecular flexibility index (Phi) is 3.59. The molecule has 0 saturated heterocycles. The third-order valence-corrected chi connectivity index (χ3v) is 2.74. The molecule has 2 rings (SSSR count). The number of hydrogen-bond acceptors (Lipinski definition) is 3. The van der Waals surface area contributed by atoms with Gasteiger partial charge in [-0.25, -0.2) is 0 Å². The summed E-state index contributed by atoms with van der Waals surface area (Å²) in [5.41, 5.74) is 0.999. The van der Waals surface area contributed by atoms with Crippen molar-refractivity contribution in [3.63, 3.8) is 0 Å². The quantitative estimate of drug-likeness (QED) is 0.813. The largest absolute Gasteiger partial charge is 0.395 e. The molecule has 2 aromatic carbocycles. The predicted molar refractivity (Wildman–Crippen MR) is 68.9 cm³/mol. The Morgan fingerprint density at radius 1 is 1.12 bits per heavy atom. The van der Waals surface area contributed by atoms with Crippen LogP contribution in [-0.4, -0.2) is 24.8 Å². The van der Waals surface area contributed by atoms with E-state index in [0.717, 1.165) is 16.5 Å². The van der Waals surface area contributed by atoms with Crippen molar-refractivity contribution in [1.82, 2.24) is 0 Å². The molecule has 0 radical (unpaired) electrons. The first kappa shape index (κ1) is 11.4. The Balaban J connectivity index is 2.49. The minimum atomic E-state index is 0.0465. The molecule has 3 heteroatoms. The predicted octanol–water partition coefficient (Wildman–Crippen LogP) is 2.16. The molecule has 0 spiro atoms. The van der Waals surface area contributed by atoms with Gasteiger partial charge in [0.05, 0.1) is 12.7 Å². The Morgan fingerprint density at radius 3 is 2.65 bits per heavy atom. The van der Waals surface area contributed by atoms with E-state index in [2.05, 4.69) is 6.07 Å². The lowest BCUT2D eigenvalue weighted by atomic mass is 10.1. The molecule has 0 aromatic heterocycles. The molecular weight excluding hydrogens is 212 g/mol. The van der Waals surface area contributed by atoms with E-state index in [-0.39, 0.29) is 13.2 Å². The highest BCUT2D eigenvalue weighted by molar-refractivity contribution is 5.94. The zero-order valence-corrected chi connectivity index (χ0v) is 9.50. The molecule has 0 aliphatic heterocycles. The smallest absolute Gasteiger partial charge is 0.106 e. The van der Waals surface area contributed by atoms with Crippen molar-refractivity contribution in [1.29, 1.82) is 5.26 Å². The van der Waals surface area contributed by atoms with E-state index in [4.69, 9.17) is 10.4 Å². The third kappa shape index (κ3) is 2.38. The van der Waals surface area contributed by atoms with Crippen molar-refractivity contribution in [2.75, 3.05) is 24.6 Å². The van der Waals surface area contributed by atoms with Gasteiger partial charge in [0.25, 0.3) is 0 Å². The molecular formula is C14H14N2O. The average molecular weight is 226 g/mol. The van der Waals surface area contributed by atoms with Crippen LogP contribution in [0.3, 0.4) is 0 Å². The first-order valence-corrected chi connectivity index (χ1v) is 5.57. The van der Waals surface area contributed by atoms with Crippen LogP contribution in [0, 0.1) is 11.3 Å². The average Bonchev–Trinajstić information content (AvgIpc) is 2.38. The highest BCUT2D eigenvalue weighted by atomic mass is 16.3. The van der Waals surface area contributed by atoms with Crippen molar-refractivity contribution in [3.8, 4) is 6.07 Å². The van der Waals surface area contributed by atoms with Crippen molar-refractivity contribution < 1.29 is 5.11 Å². The Morgan fingerprint density at radius 2 is 1.88 bits per heavy atom. The van der Waals surface area contributed by atoms with Crippen LogP contribution in [0.2, 0.25) is 0 Å². The summed E-state index contributed by atoms with van der Waals surface area (Å²) in [4.78, 5) is 1.89. The van der Waals surface area contributed by atoms with Gasteiger partial charge in [-0.3, -0.25) is 0 Å². The third-order valence-electron chi connectivity index (χ3n) is 2.74. The number of aliphatic hydroxyl groups is 1. The molecule has 3 nitrogen and oxygen atoms in total. The van der Waals surface area contributed by atoms with Crippen LogP contribution in [0.1, 0.15) is 0 Å². The second-order valence-corrected chi connectivity index (χ2v) is 3.80. The second-order valence-electron chi connectivity index (χ2n) is 3.80.